The molecule has 0 aromatic carbocycles. The summed E-state index contributed by atoms with van der Waals surface area (Å²) in [5, 5.41) is 14.8. The number of carbonyl (C=O) groups is 2. The van der Waals surface area contributed by atoms with E-state index in [1.54, 1.807) is 0 Å². The number of rotatable bonds is 8. The fraction of sp³-hybridized carbons (Fsp3) is 0.733. The second-order valence-corrected chi connectivity index (χ2v) is 7.45. The van der Waals surface area contributed by atoms with Gasteiger partial charge in [-0.2, -0.15) is 0 Å². The first-order chi connectivity index (χ1) is 11.0. The molecule has 7 nitrogen and oxygen atoms in total. The number of thioether (sulfide) groups is 1. The molecule has 2 amide bonds. The Balaban J connectivity index is 1.48. The number of nitrogens with zero attached hydrogens (tertiary/aromatic N) is 3. The van der Waals surface area contributed by atoms with E-state index in [4.69, 9.17) is 0 Å². The van der Waals surface area contributed by atoms with Gasteiger partial charge >= 0.3 is 0 Å². The third kappa shape index (κ3) is 4.46. The smallest absolute Gasteiger partial charge is 0.239 e. The highest BCUT2D eigenvalue weighted by Gasteiger charge is 2.36. The fourth-order valence-electron chi connectivity index (χ4n) is 2.42. The van der Waals surface area contributed by atoms with Crippen molar-refractivity contribution in [3.63, 3.8) is 0 Å². The number of carbonyl (C=O) groups excluding carboxylic acids is 2. The molecule has 0 bridgehead atoms. The zero-order valence-electron chi connectivity index (χ0n) is 13.5. The quantitative estimate of drug-likeness (QED) is 0.696. The van der Waals surface area contributed by atoms with E-state index < -0.39 is 0 Å². The van der Waals surface area contributed by atoms with Gasteiger partial charge in [-0.3, -0.25) is 9.59 Å². The molecule has 2 aliphatic carbocycles. The largest absolute Gasteiger partial charge is 0.352 e. The molecular weight excluding hydrogens is 314 g/mol. The highest BCUT2D eigenvalue weighted by molar-refractivity contribution is 7.99. The van der Waals surface area contributed by atoms with Gasteiger partial charge in [0.05, 0.1) is 12.3 Å². The molecule has 2 aliphatic rings. The van der Waals surface area contributed by atoms with Crippen LogP contribution in [0.15, 0.2) is 5.16 Å². The summed E-state index contributed by atoms with van der Waals surface area (Å²) in [6.45, 7) is 3.79. The first kappa shape index (κ1) is 16.3. The predicted molar refractivity (Wildman–Crippen MR) is 87.3 cm³/mol. The van der Waals surface area contributed by atoms with Crippen LogP contribution in [-0.4, -0.2) is 44.9 Å². The van der Waals surface area contributed by atoms with Crippen LogP contribution in [0, 0.1) is 0 Å². The van der Waals surface area contributed by atoms with Gasteiger partial charge in [-0.25, -0.2) is 0 Å². The molecule has 2 N–H and O–H groups in total. The van der Waals surface area contributed by atoms with Gasteiger partial charge in [0.2, 0.25) is 11.8 Å². The average molecular weight is 337 g/mol. The van der Waals surface area contributed by atoms with E-state index in [0.29, 0.717) is 12.0 Å². The van der Waals surface area contributed by atoms with Gasteiger partial charge in [0.1, 0.15) is 5.82 Å². The summed E-state index contributed by atoms with van der Waals surface area (Å²) in [4.78, 5) is 23.4. The van der Waals surface area contributed by atoms with E-state index in [9.17, 15) is 9.59 Å². The lowest BCUT2D eigenvalue weighted by molar-refractivity contribution is -0.125. The van der Waals surface area contributed by atoms with Crippen LogP contribution in [0.25, 0.3) is 0 Å². The standard InChI is InChI=1S/C15H23N5O2S/c1-9(2)17-12(21)7-16-13(22)8-23-15-19-18-14(10-3-4-10)20(15)11-5-6-11/h9-11H,3-8H2,1-2H3,(H,16,22)(H,17,21). The Hall–Kier alpha value is -1.57. The number of hydrogen-bond donors (Lipinski definition) is 2. The van der Waals surface area contributed by atoms with Crippen molar-refractivity contribution >= 4 is 23.6 Å². The Morgan fingerprint density at radius 2 is 1.96 bits per heavy atom. The Bertz CT molecular complexity index is 593. The molecular formula is C15H23N5O2S. The van der Waals surface area contributed by atoms with Crippen LogP contribution in [0.2, 0.25) is 0 Å². The van der Waals surface area contributed by atoms with Crippen LogP contribution < -0.4 is 10.6 Å². The second kappa shape index (κ2) is 6.90. The van der Waals surface area contributed by atoms with Crippen LogP contribution in [0.4, 0.5) is 0 Å². The van der Waals surface area contributed by atoms with E-state index in [0.717, 1.165) is 11.0 Å². The zero-order chi connectivity index (χ0) is 16.4. The van der Waals surface area contributed by atoms with Crippen molar-refractivity contribution in [1.82, 2.24) is 25.4 Å². The van der Waals surface area contributed by atoms with Crippen molar-refractivity contribution in [1.29, 1.82) is 0 Å². The molecule has 2 fully saturated rings. The molecule has 0 radical (unpaired) electrons. The van der Waals surface area contributed by atoms with E-state index in [1.165, 1.54) is 37.4 Å². The summed E-state index contributed by atoms with van der Waals surface area (Å²) in [5.74, 6) is 1.57. The molecule has 23 heavy (non-hydrogen) atoms. The zero-order valence-corrected chi connectivity index (χ0v) is 14.4. The third-order valence-corrected chi connectivity index (χ3v) is 4.72. The Labute approximate surface area is 140 Å². The topological polar surface area (TPSA) is 88.9 Å². The van der Waals surface area contributed by atoms with Gasteiger partial charge in [0.25, 0.3) is 0 Å². The van der Waals surface area contributed by atoms with Crippen LogP contribution in [-0.2, 0) is 9.59 Å². The summed E-state index contributed by atoms with van der Waals surface area (Å²) < 4.78 is 2.22. The predicted octanol–water partition coefficient (Wildman–Crippen LogP) is 1.22. The number of hydrogen-bond acceptors (Lipinski definition) is 5. The van der Waals surface area contributed by atoms with Crippen molar-refractivity contribution in [3.05, 3.63) is 5.82 Å². The Morgan fingerprint density at radius 1 is 1.22 bits per heavy atom. The lowest BCUT2D eigenvalue weighted by Crippen LogP contribution is -2.40. The summed E-state index contributed by atoms with van der Waals surface area (Å²) in [7, 11) is 0. The molecule has 126 valence electrons. The van der Waals surface area contributed by atoms with Gasteiger partial charge in [-0.05, 0) is 39.5 Å². The monoisotopic (exact) mass is 337 g/mol. The Kier molecular flexibility index (Phi) is 4.89. The minimum absolute atomic E-state index is 0.0141. The third-order valence-electron chi connectivity index (χ3n) is 3.77. The first-order valence-electron chi connectivity index (χ1n) is 8.18. The molecule has 3 rings (SSSR count). The van der Waals surface area contributed by atoms with Gasteiger partial charge in [-0.15, -0.1) is 10.2 Å². The van der Waals surface area contributed by atoms with Crippen molar-refractivity contribution in [2.24, 2.45) is 0 Å². The molecule has 0 spiro atoms. The van der Waals surface area contributed by atoms with E-state index in [-0.39, 0.29) is 30.2 Å². The molecule has 0 saturated heterocycles. The van der Waals surface area contributed by atoms with Crippen LogP contribution in [0.1, 0.15) is 57.3 Å². The molecule has 0 aliphatic heterocycles. The lowest BCUT2D eigenvalue weighted by atomic mass is 10.4. The summed E-state index contributed by atoms with van der Waals surface area (Å²) in [5.41, 5.74) is 0. The maximum atomic E-state index is 11.9. The van der Waals surface area contributed by atoms with Crippen molar-refractivity contribution < 1.29 is 9.59 Å². The molecule has 1 aromatic rings. The molecule has 1 aromatic heterocycles. The highest BCUT2D eigenvalue weighted by atomic mass is 32.2. The van der Waals surface area contributed by atoms with E-state index >= 15 is 0 Å². The van der Waals surface area contributed by atoms with Gasteiger partial charge in [0.15, 0.2) is 5.16 Å². The van der Waals surface area contributed by atoms with E-state index in [2.05, 4.69) is 25.4 Å². The molecule has 1 heterocycles. The molecule has 2 saturated carbocycles. The summed E-state index contributed by atoms with van der Waals surface area (Å²) in [6.07, 6.45) is 4.74. The average Bonchev–Trinajstić information content (AvgIpc) is 3.41. The second-order valence-electron chi connectivity index (χ2n) is 6.50. The van der Waals surface area contributed by atoms with Crippen molar-refractivity contribution in [2.75, 3.05) is 12.3 Å². The number of nitrogens with one attached hydrogen (secondary N) is 2. The fourth-order valence-corrected chi connectivity index (χ4v) is 3.26. The molecule has 0 atom stereocenters. The maximum Gasteiger partial charge on any atom is 0.239 e. The first-order valence-corrected chi connectivity index (χ1v) is 9.16. The number of amides is 2. The maximum absolute atomic E-state index is 11.9. The number of aromatic nitrogens is 3. The van der Waals surface area contributed by atoms with Gasteiger partial charge in [-0.1, -0.05) is 11.8 Å². The summed E-state index contributed by atoms with van der Waals surface area (Å²) in [6, 6.07) is 0.592. The SMILES string of the molecule is CC(C)NC(=O)CNC(=O)CSc1nnc(C2CC2)n1C1CC1. The van der Waals surface area contributed by atoms with Crippen LogP contribution in [0.5, 0.6) is 0 Å². The minimum atomic E-state index is -0.171. The molecule has 8 heteroatoms. The normalized spacial score (nSPS) is 17.3. The lowest BCUT2D eigenvalue weighted by Gasteiger charge is -2.10. The molecule has 0 unspecified atom stereocenters. The van der Waals surface area contributed by atoms with Crippen LogP contribution >= 0.6 is 11.8 Å². The van der Waals surface area contributed by atoms with E-state index in [1.807, 2.05) is 13.8 Å². The van der Waals surface area contributed by atoms with Crippen LogP contribution in [0.3, 0.4) is 0 Å². The van der Waals surface area contributed by atoms with Crippen molar-refractivity contribution in [3.8, 4) is 0 Å². The highest BCUT2D eigenvalue weighted by Crippen LogP contribution is 2.45. The summed E-state index contributed by atoms with van der Waals surface area (Å²) >= 11 is 1.40. The minimum Gasteiger partial charge on any atom is -0.352 e. The van der Waals surface area contributed by atoms with Crippen molar-refractivity contribution in [2.45, 2.75) is 62.7 Å². The van der Waals surface area contributed by atoms with Gasteiger partial charge < -0.3 is 15.2 Å². The Morgan fingerprint density at radius 3 is 2.57 bits per heavy atom. The van der Waals surface area contributed by atoms with Gasteiger partial charge in [0, 0.05) is 18.0 Å².